The minimum Gasteiger partial charge on any atom is -0.497 e. The summed E-state index contributed by atoms with van der Waals surface area (Å²) in [6.45, 7) is 1.91. The fourth-order valence-electron chi connectivity index (χ4n) is 3.15. The zero-order valence-electron chi connectivity index (χ0n) is 16.9. The topological polar surface area (TPSA) is 90.1 Å². The first-order valence-electron chi connectivity index (χ1n) is 9.51. The van der Waals surface area contributed by atoms with Gasteiger partial charge in [-0.05, 0) is 43.3 Å². The van der Waals surface area contributed by atoms with Crippen LogP contribution >= 0.6 is 11.6 Å². The number of benzene rings is 2. The number of nitrogens with one attached hydrogen (secondary N) is 1. The minimum atomic E-state index is -0.321. The van der Waals surface area contributed by atoms with Crippen molar-refractivity contribution in [1.82, 2.24) is 20.4 Å². The average Bonchev–Trinajstić information content (AvgIpc) is 3.19. The first kappa shape index (κ1) is 20.6. The fourth-order valence-corrected chi connectivity index (χ4v) is 3.38. The van der Waals surface area contributed by atoms with Crippen molar-refractivity contribution in [2.75, 3.05) is 7.11 Å². The van der Waals surface area contributed by atoms with Crippen molar-refractivity contribution in [3.8, 4) is 28.3 Å². The largest absolute Gasteiger partial charge is 0.497 e. The second-order valence-corrected chi connectivity index (χ2v) is 7.16. The Kier molecular flexibility index (Phi) is 5.95. The summed E-state index contributed by atoms with van der Waals surface area (Å²) in [5, 5.41) is 7.40. The molecule has 0 saturated carbocycles. The molecule has 156 valence electrons. The molecule has 31 heavy (non-hydrogen) atoms. The summed E-state index contributed by atoms with van der Waals surface area (Å²) < 4.78 is 10.5. The molecule has 0 atom stereocenters. The third kappa shape index (κ3) is 4.41. The highest BCUT2D eigenvalue weighted by Gasteiger charge is 2.23. The normalized spacial score (nSPS) is 10.7. The molecule has 1 N–H and O–H groups in total. The Hall–Kier alpha value is -3.71. The highest BCUT2D eigenvalue weighted by Crippen LogP contribution is 2.31. The first-order valence-corrected chi connectivity index (χ1v) is 9.89. The predicted molar refractivity (Wildman–Crippen MR) is 117 cm³/mol. The van der Waals surface area contributed by atoms with Gasteiger partial charge in [0.25, 0.3) is 5.91 Å². The van der Waals surface area contributed by atoms with E-state index in [0.29, 0.717) is 33.3 Å². The quantitative estimate of drug-likeness (QED) is 0.473. The Bertz CT molecular complexity index is 1220. The number of methoxy groups -OCH3 is 1. The fraction of sp³-hybridized carbons (Fsp3) is 0.130. The molecule has 1 amide bonds. The Morgan fingerprint density at radius 3 is 2.65 bits per heavy atom. The molecule has 0 aliphatic carbocycles. The maximum Gasteiger partial charge on any atom is 0.257 e. The Balaban J connectivity index is 1.52. The standard InChI is InChI=1S/C23H19ClN4O3/c1-14-21(22(28-31-14)18-5-3-4-6-19(18)24)23(29)25-12-16-11-20(27-13-26-16)15-7-9-17(30-2)10-8-15/h3-11,13H,12H2,1-2H3,(H,25,29). The van der Waals surface area contributed by atoms with Gasteiger partial charge in [0.05, 0.1) is 30.1 Å². The van der Waals surface area contributed by atoms with Crippen LogP contribution in [0.15, 0.2) is 65.4 Å². The molecule has 0 aliphatic rings. The number of rotatable bonds is 6. The van der Waals surface area contributed by atoms with Gasteiger partial charge in [0, 0.05) is 11.1 Å². The number of amides is 1. The molecular formula is C23H19ClN4O3. The van der Waals surface area contributed by atoms with Crippen LogP contribution < -0.4 is 10.1 Å². The minimum absolute atomic E-state index is 0.219. The lowest BCUT2D eigenvalue weighted by Crippen LogP contribution is -2.24. The van der Waals surface area contributed by atoms with Gasteiger partial charge in [0.1, 0.15) is 29.1 Å². The lowest BCUT2D eigenvalue weighted by molar-refractivity contribution is 0.0949. The Morgan fingerprint density at radius 2 is 1.90 bits per heavy atom. The van der Waals surface area contributed by atoms with Crippen molar-refractivity contribution < 1.29 is 14.1 Å². The molecule has 8 heteroatoms. The van der Waals surface area contributed by atoms with E-state index in [2.05, 4.69) is 20.4 Å². The van der Waals surface area contributed by atoms with Gasteiger partial charge in [-0.2, -0.15) is 0 Å². The summed E-state index contributed by atoms with van der Waals surface area (Å²) >= 11 is 6.27. The summed E-state index contributed by atoms with van der Waals surface area (Å²) in [5.74, 6) is 0.857. The van der Waals surface area contributed by atoms with Crippen molar-refractivity contribution >= 4 is 17.5 Å². The van der Waals surface area contributed by atoms with E-state index < -0.39 is 0 Å². The SMILES string of the molecule is COc1ccc(-c2cc(CNC(=O)c3c(-c4ccccc4Cl)noc3C)ncn2)cc1. The van der Waals surface area contributed by atoms with Crippen LogP contribution in [0.5, 0.6) is 5.75 Å². The molecule has 0 unspecified atom stereocenters. The summed E-state index contributed by atoms with van der Waals surface area (Å²) in [7, 11) is 1.62. The van der Waals surface area contributed by atoms with Crippen molar-refractivity contribution in [2.45, 2.75) is 13.5 Å². The number of halogens is 1. The Morgan fingerprint density at radius 1 is 1.13 bits per heavy atom. The van der Waals surface area contributed by atoms with Crippen molar-refractivity contribution in [1.29, 1.82) is 0 Å². The van der Waals surface area contributed by atoms with E-state index in [0.717, 1.165) is 17.0 Å². The third-order valence-electron chi connectivity index (χ3n) is 4.76. The maximum absolute atomic E-state index is 12.9. The maximum atomic E-state index is 12.9. The van der Waals surface area contributed by atoms with Crippen molar-refractivity contribution in [2.24, 2.45) is 0 Å². The van der Waals surface area contributed by atoms with E-state index in [9.17, 15) is 4.79 Å². The van der Waals surface area contributed by atoms with E-state index in [1.54, 1.807) is 26.2 Å². The molecule has 4 rings (SSSR count). The molecule has 0 radical (unpaired) electrons. The van der Waals surface area contributed by atoms with Crippen LogP contribution in [0.25, 0.3) is 22.5 Å². The molecule has 0 bridgehead atoms. The van der Waals surface area contributed by atoms with Crippen molar-refractivity contribution in [3.63, 3.8) is 0 Å². The second kappa shape index (κ2) is 8.97. The highest BCUT2D eigenvalue weighted by atomic mass is 35.5. The summed E-state index contributed by atoms with van der Waals surface area (Å²) in [6.07, 6.45) is 1.47. The number of aryl methyl sites for hydroxylation is 1. The van der Waals surface area contributed by atoms with Crippen LogP contribution in [0.1, 0.15) is 21.8 Å². The van der Waals surface area contributed by atoms with Gasteiger partial charge in [-0.25, -0.2) is 9.97 Å². The average molecular weight is 435 g/mol. The van der Waals surface area contributed by atoms with Gasteiger partial charge < -0.3 is 14.6 Å². The van der Waals surface area contributed by atoms with Gasteiger partial charge in [-0.3, -0.25) is 4.79 Å². The third-order valence-corrected chi connectivity index (χ3v) is 5.09. The van der Waals surface area contributed by atoms with Crippen LogP contribution in [0, 0.1) is 6.92 Å². The number of nitrogens with zero attached hydrogens (tertiary/aromatic N) is 3. The molecule has 2 heterocycles. The monoisotopic (exact) mass is 434 g/mol. The smallest absolute Gasteiger partial charge is 0.257 e. The van der Waals surface area contributed by atoms with Gasteiger partial charge in [0.2, 0.25) is 0 Å². The number of carbonyl (C=O) groups excluding carboxylic acids is 1. The molecule has 2 aromatic heterocycles. The van der Waals surface area contributed by atoms with Crippen LogP contribution in [0.4, 0.5) is 0 Å². The van der Waals surface area contributed by atoms with E-state index in [1.165, 1.54) is 6.33 Å². The van der Waals surface area contributed by atoms with Gasteiger partial charge in [0.15, 0.2) is 0 Å². The van der Waals surface area contributed by atoms with E-state index in [1.807, 2.05) is 42.5 Å². The highest BCUT2D eigenvalue weighted by molar-refractivity contribution is 6.33. The number of ether oxygens (including phenoxy) is 1. The van der Waals surface area contributed by atoms with Crippen molar-refractivity contribution in [3.05, 3.63) is 83.0 Å². The summed E-state index contributed by atoms with van der Waals surface area (Å²) in [5.41, 5.74) is 3.73. The second-order valence-electron chi connectivity index (χ2n) is 6.75. The lowest BCUT2D eigenvalue weighted by Gasteiger charge is -2.08. The number of aromatic nitrogens is 3. The summed E-state index contributed by atoms with van der Waals surface area (Å²) in [6, 6.07) is 16.6. The number of hydrogen-bond acceptors (Lipinski definition) is 6. The van der Waals surface area contributed by atoms with Crippen LogP contribution in [-0.4, -0.2) is 28.1 Å². The molecule has 0 fully saturated rings. The zero-order valence-corrected chi connectivity index (χ0v) is 17.7. The number of hydrogen-bond donors (Lipinski definition) is 1. The van der Waals surface area contributed by atoms with E-state index in [4.69, 9.17) is 20.9 Å². The molecule has 0 aliphatic heterocycles. The molecule has 0 spiro atoms. The first-order chi connectivity index (χ1) is 15.1. The molecular weight excluding hydrogens is 416 g/mol. The zero-order chi connectivity index (χ0) is 21.8. The van der Waals surface area contributed by atoms with E-state index >= 15 is 0 Å². The molecule has 2 aromatic carbocycles. The van der Waals surface area contributed by atoms with Gasteiger partial charge >= 0.3 is 0 Å². The summed E-state index contributed by atoms with van der Waals surface area (Å²) in [4.78, 5) is 21.5. The van der Waals surface area contributed by atoms with Crippen LogP contribution in [0.2, 0.25) is 5.02 Å². The molecule has 4 aromatic rings. The molecule has 0 saturated heterocycles. The van der Waals surface area contributed by atoms with E-state index in [-0.39, 0.29) is 12.5 Å². The number of carbonyl (C=O) groups is 1. The lowest BCUT2D eigenvalue weighted by atomic mass is 10.1. The van der Waals surface area contributed by atoms with Gasteiger partial charge in [-0.1, -0.05) is 35.0 Å². The van der Waals surface area contributed by atoms with Crippen LogP contribution in [0.3, 0.4) is 0 Å². The van der Waals surface area contributed by atoms with Gasteiger partial charge in [-0.15, -0.1) is 0 Å². The predicted octanol–water partition coefficient (Wildman–Crippen LogP) is 4.70. The molecule has 7 nitrogen and oxygen atoms in total. The van der Waals surface area contributed by atoms with Crippen LogP contribution in [-0.2, 0) is 6.54 Å². The Labute approximate surface area is 184 Å².